The number of esters is 1. The van der Waals surface area contributed by atoms with Crippen molar-refractivity contribution in [2.75, 3.05) is 6.61 Å². The lowest BCUT2D eigenvalue weighted by Gasteiger charge is -2.08. The molecular formula is C17H16FN3O4. The van der Waals surface area contributed by atoms with Crippen molar-refractivity contribution in [3.05, 3.63) is 45.3 Å². The van der Waals surface area contributed by atoms with Gasteiger partial charge in [0.1, 0.15) is 11.4 Å². The maximum Gasteiger partial charge on any atom is 0.379 e. The third-order valence-corrected chi connectivity index (χ3v) is 3.90. The Morgan fingerprint density at radius 3 is 2.80 bits per heavy atom. The van der Waals surface area contributed by atoms with Gasteiger partial charge in [-0.1, -0.05) is 6.92 Å². The second-order valence-electron chi connectivity index (χ2n) is 5.45. The molecule has 0 atom stereocenters. The van der Waals surface area contributed by atoms with Crippen LogP contribution in [0.3, 0.4) is 0 Å². The molecule has 3 aromatic rings. The molecule has 130 valence electrons. The number of nitrogens with zero attached hydrogens (tertiary/aromatic N) is 2. The highest BCUT2D eigenvalue weighted by Crippen LogP contribution is 2.27. The van der Waals surface area contributed by atoms with Crippen molar-refractivity contribution in [3.8, 4) is 11.5 Å². The molecule has 0 bridgehead atoms. The Hall–Kier alpha value is -3.03. The number of rotatable bonds is 4. The number of nitrogens with one attached hydrogen (secondary N) is 1. The fourth-order valence-electron chi connectivity index (χ4n) is 2.63. The molecule has 0 aliphatic rings. The van der Waals surface area contributed by atoms with E-state index in [0.29, 0.717) is 17.4 Å². The lowest BCUT2D eigenvalue weighted by molar-refractivity contribution is 0.0508. The zero-order valence-corrected chi connectivity index (χ0v) is 14.0. The van der Waals surface area contributed by atoms with E-state index >= 15 is 0 Å². The first kappa shape index (κ1) is 16.8. The Balaban J connectivity index is 2.20. The van der Waals surface area contributed by atoms with Crippen molar-refractivity contribution in [1.29, 1.82) is 0 Å². The van der Waals surface area contributed by atoms with Gasteiger partial charge in [-0.15, -0.1) is 0 Å². The summed E-state index contributed by atoms with van der Waals surface area (Å²) in [5.74, 6) is -1.64. The fraction of sp³-hybridized carbons (Fsp3) is 0.294. The molecule has 7 nitrogen and oxygen atoms in total. The highest BCUT2D eigenvalue weighted by Gasteiger charge is 2.22. The van der Waals surface area contributed by atoms with Crippen molar-refractivity contribution in [2.45, 2.75) is 27.2 Å². The number of H-pyrrole nitrogens is 1. The number of ether oxygens (including phenoxy) is 1. The third-order valence-electron chi connectivity index (χ3n) is 3.90. The number of halogens is 1. The summed E-state index contributed by atoms with van der Waals surface area (Å²) in [5, 5.41) is 4.08. The average molecular weight is 345 g/mol. The molecule has 0 spiro atoms. The zero-order valence-electron chi connectivity index (χ0n) is 14.0. The monoisotopic (exact) mass is 345 g/mol. The number of carbonyl (C=O) groups excluding carboxylic acids is 1. The highest BCUT2D eigenvalue weighted by atomic mass is 19.1. The Labute approximate surface area is 141 Å². The quantitative estimate of drug-likeness (QED) is 0.730. The minimum atomic E-state index is -0.744. The normalized spacial score (nSPS) is 11.0. The van der Waals surface area contributed by atoms with E-state index in [0.717, 1.165) is 5.56 Å². The molecular weight excluding hydrogens is 329 g/mol. The minimum Gasteiger partial charge on any atom is -0.460 e. The van der Waals surface area contributed by atoms with Crippen LogP contribution in [0.1, 0.15) is 35.6 Å². The third kappa shape index (κ3) is 2.90. The molecule has 0 fully saturated rings. The summed E-state index contributed by atoms with van der Waals surface area (Å²) in [4.78, 5) is 30.5. The Kier molecular flexibility index (Phi) is 4.35. The summed E-state index contributed by atoms with van der Waals surface area (Å²) >= 11 is 0. The van der Waals surface area contributed by atoms with Crippen molar-refractivity contribution < 1.29 is 18.4 Å². The van der Waals surface area contributed by atoms with E-state index in [1.165, 1.54) is 6.07 Å². The second-order valence-corrected chi connectivity index (χ2v) is 5.45. The molecule has 0 radical (unpaired) electrons. The predicted octanol–water partition coefficient (Wildman–Crippen LogP) is 2.76. The van der Waals surface area contributed by atoms with Crippen LogP contribution in [-0.2, 0) is 11.2 Å². The largest absolute Gasteiger partial charge is 0.460 e. The smallest absolute Gasteiger partial charge is 0.379 e. The molecule has 0 aliphatic carbocycles. The predicted molar refractivity (Wildman–Crippen MR) is 87.9 cm³/mol. The van der Waals surface area contributed by atoms with E-state index in [4.69, 9.17) is 9.26 Å². The number of hydrogen-bond acceptors (Lipinski definition) is 6. The first-order chi connectivity index (χ1) is 12.0. The molecule has 0 unspecified atom stereocenters. The van der Waals surface area contributed by atoms with Gasteiger partial charge >= 0.3 is 5.97 Å². The standard InChI is InChI=1S/C17H16FN3O4/c1-4-9-6-10-8(3)12(15(22)19-13(10)11(18)7-9)16-20-14(21-25-16)17(23)24-5-2/h6-7H,4-5H2,1-3H3,(H,19,22). The Morgan fingerprint density at radius 1 is 1.36 bits per heavy atom. The van der Waals surface area contributed by atoms with Crippen LogP contribution in [0.25, 0.3) is 22.4 Å². The molecule has 0 aliphatic heterocycles. The Bertz CT molecular complexity index is 1020. The number of benzene rings is 1. The number of hydrogen-bond donors (Lipinski definition) is 1. The zero-order chi connectivity index (χ0) is 18.1. The lowest BCUT2D eigenvalue weighted by Crippen LogP contribution is -2.13. The number of aryl methyl sites for hydroxylation is 2. The Morgan fingerprint density at radius 2 is 2.12 bits per heavy atom. The highest BCUT2D eigenvalue weighted by molar-refractivity contribution is 5.89. The maximum atomic E-state index is 14.2. The summed E-state index contributed by atoms with van der Waals surface area (Å²) in [7, 11) is 0. The number of carbonyl (C=O) groups is 1. The van der Waals surface area contributed by atoms with Gasteiger partial charge in [0.15, 0.2) is 0 Å². The molecule has 2 heterocycles. The van der Waals surface area contributed by atoms with E-state index in [1.54, 1.807) is 19.9 Å². The van der Waals surface area contributed by atoms with Gasteiger partial charge in [0.2, 0.25) is 0 Å². The van der Waals surface area contributed by atoms with Crippen LogP contribution in [0.5, 0.6) is 0 Å². The van der Waals surface area contributed by atoms with E-state index in [9.17, 15) is 14.0 Å². The van der Waals surface area contributed by atoms with E-state index < -0.39 is 17.3 Å². The first-order valence-electron chi connectivity index (χ1n) is 7.82. The van der Waals surface area contributed by atoms with Crippen LogP contribution in [0.2, 0.25) is 0 Å². The van der Waals surface area contributed by atoms with Gasteiger partial charge in [0.25, 0.3) is 17.3 Å². The van der Waals surface area contributed by atoms with Crippen LogP contribution >= 0.6 is 0 Å². The number of aromatic amines is 1. The minimum absolute atomic E-state index is 0.100. The molecule has 25 heavy (non-hydrogen) atoms. The summed E-state index contributed by atoms with van der Waals surface area (Å²) in [6.07, 6.45) is 0.647. The topological polar surface area (TPSA) is 98.1 Å². The molecule has 2 aromatic heterocycles. The van der Waals surface area contributed by atoms with Crippen LogP contribution in [-0.4, -0.2) is 27.7 Å². The number of aromatic nitrogens is 3. The molecule has 0 saturated carbocycles. The van der Waals surface area contributed by atoms with Gasteiger partial charge in [-0.05, 0) is 48.7 Å². The molecule has 8 heteroatoms. The molecule has 3 rings (SSSR count). The van der Waals surface area contributed by atoms with Crippen LogP contribution in [0.15, 0.2) is 21.5 Å². The van der Waals surface area contributed by atoms with Crippen LogP contribution in [0.4, 0.5) is 4.39 Å². The maximum absolute atomic E-state index is 14.2. The van der Waals surface area contributed by atoms with E-state index in [2.05, 4.69) is 15.1 Å². The van der Waals surface area contributed by atoms with Crippen molar-refractivity contribution in [1.82, 2.24) is 15.1 Å². The van der Waals surface area contributed by atoms with Crippen molar-refractivity contribution in [2.24, 2.45) is 0 Å². The molecule has 1 N–H and O–H groups in total. The molecule has 0 amide bonds. The van der Waals surface area contributed by atoms with Gasteiger partial charge in [0, 0.05) is 5.39 Å². The number of pyridine rings is 1. The SMILES string of the molecule is CCOC(=O)c1noc(-c2c(C)c3cc(CC)cc(F)c3[nH]c2=O)n1. The molecule has 1 aromatic carbocycles. The second kappa shape index (κ2) is 6.46. The van der Waals surface area contributed by atoms with Crippen LogP contribution in [0, 0.1) is 12.7 Å². The van der Waals surface area contributed by atoms with Crippen molar-refractivity contribution >= 4 is 16.9 Å². The lowest BCUT2D eigenvalue weighted by atomic mass is 10.0. The average Bonchev–Trinajstić information content (AvgIpc) is 3.05. The number of fused-ring (bicyclic) bond motifs is 1. The first-order valence-corrected chi connectivity index (χ1v) is 7.82. The summed E-state index contributed by atoms with van der Waals surface area (Å²) in [5.41, 5.74) is 0.930. The van der Waals surface area contributed by atoms with Crippen LogP contribution < -0.4 is 5.56 Å². The van der Waals surface area contributed by atoms with E-state index in [-0.39, 0.29) is 29.4 Å². The molecule has 0 saturated heterocycles. The van der Waals surface area contributed by atoms with E-state index in [1.807, 2.05) is 6.92 Å². The van der Waals surface area contributed by atoms with Crippen molar-refractivity contribution in [3.63, 3.8) is 0 Å². The van der Waals surface area contributed by atoms with Gasteiger partial charge in [-0.2, -0.15) is 4.98 Å². The van der Waals surface area contributed by atoms with Gasteiger partial charge < -0.3 is 14.2 Å². The van der Waals surface area contributed by atoms with Gasteiger partial charge in [0.05, 0.1) is 12.1 Å². The van der Waals surface area contributed by atoms with Gasteiger partial charge in [-0.3, -0.25) is 4.79 Å². The summed E-state index contributed by atoms with van der Waals surface area (Å²) in [6.45, 7) is 5.39. The summed E-state index contributed by atoms with van der Waals surface area (Å²) < 4.78 is 24.1. The van der Waals surface area contributed by atoms with Gasteiger partial charge in [-0.25, -0.2) is 9.18 Å². The summed E-state index contributed by atoms with van der Waals surface area (Å²) in [6, 6.07) is 3.19. The fourth-order valence-corrected chi connectivity index (χ4v) is 2.63.